The van der Waals surface area contributed by atoms with Crippen molar-refractivity contribution in [3.63, 3.8) is 0 Å². The zero-order valence-electron chi connectivity index (χ0n) is 17.5. The number of ether oxygens (including phenoxy) is 1. The maximum atomic E-state index is 5.38. The van der Waals surface area contributed by atoms with Gasteiger partial charge in [-0.15, -0.1) is 0 Å². The maximum absolute atomic E-state index is 5.38. The molecule has 1 saturated carbocycles. The highest BCUT2D eigenvalue weighted by atomic mass is 16.5. The fourth-order valence-electron chi connectivity index (χ4n) is 3.73. The van der Waals surface area contributed by atoms with E-state index in [0.29, 0.717) is 0 Å². The average molecular weight is 375 g/mol. The molecular formula is C22H38N4O. The van der Waals surface area contributed by atoms with Crippen LogP contribution in [0.25, 0.3) is 0 Å². The lowest BCUT2D eigenvalue weighted by Gasteiger charge is -2.31. The molecule has 0 radical (unpaired) electrons. The van der Waals surface area contributed by atoms with E-state index in [1.165, 1.54) is 43.2 Å². The number of rotatable bonds is 10. The highest BCUT2D eigenvalue weighted by Crippen LogP contribution is 2.23. The lowest BCUT2D eigenvalue weighted by atomic mass is 9.94. The smallest absolute Gasteiger partial charge is 0.191 e. The summed E-state index contributed by atoms with van der Waals surface area (Å²) >= 11 is 0. The van der Waals surface area contributed by atoms with Crippen LogP contribution in [0.5, 0.6) is 0 Å². The topological polar surface area (TPSA) is 48.9 Å². The van der Waals surface area contributed by atoms with Crippen LogP contribution < -0.4 is 10.6 Å². The van der Waals surface area contributed by atoms with Crippen LogP contribution in [-0.2, 0) is 17.8 Å². The first kappa shape index (κ1) is 21.7. The second kappa shape index (κ2) is 12.7. The van der Waals surface area contributed by atoms with E-state index in [1.54, 1.807) is 0 Å². The standard InChI is InChI=1S/C22H38N4O/c1-4-27-16-10-15-24-22(23-2)25-17-19-11-8-9-12-20(19)18-26(3)21-13-6-5-7-14-21/h8-9,11-12,21H,4-7,10,13-18H2,1-3H3,(H2,23,24,25). The van der Waals surface area contributed by atoms with Gasteiger partial charge in [0, 0.05) is 45.9 Å². The first-order valence-corrected chi connectivity index (χ1v) is 10.5. The molecule has 152 valence electrons. The molecular weight excluding hydrogens is 336 g/mol. The summed E-state index contributed by atoms with van der Waals surface area (Å²) in [6, 6.07) is 9.49. The van der Waals surface area contributed by atoms with Crippen LogP contribution in [0, 0.1) is 0 Å². The van der Waals surface area contributed by atoms with E-state index in [2.05, 4.69) is 51.8 Å². The number of hydrogen-bond acceptors (Lipinski definition) is 3. The SMILES string of the molecule is CCOCCCNC(=NC)NCc1ccccc1CN(C)C1CCCCC1. The summed E-state index contributed by atoms with van der Waals surface area (Å²) in [5, 5.41) is 6.81. The van der Waals surface area contributed by atoms with Crippen LogP contribution in [0.2, 0.25) is 0 Å². The van der Waals surface area contributed by atoms with Gasteiger partial charge in [0.2, 0.25) is 0 Å². The summed E-state index contributed by atoms with van der Waals surface area (Å²) in [6.07, 6.45) is 7.83. The van der Waals surface area contributed by atoms with Crippen LogP contribution >= 0.6 is 0 Å². The van der Waals surface area contributed by atoms with Crippen molar-refractivity contribution in [1.29, 1.82) is 0 Å². The molecule has 0 heterocycles. The number of hydrogen-bond donors (Lipinski definition) is 2. The Bertz CT molecular complexity index is 555. The quantitative estimate of drug-likeness (QED) is 0.374. The van der Waals surface area contributed by atoms with Gasteiger partial charge in [0.15, 0.2) is 5.96 Å². The number of nitrogens with one attached hydrogen (secondary N) is 2. The van der Waals surface area contributed by atoms with E-state index in [-0.39, 0.29) is 0 Å². The number of benzene rings is 1. The normalized spacial score (nSPS) is 15.9. The lowest BCUT2D eigenvalue weighted by Crippen LogP contribution is -2.38. The Morgan fingerprint density at radius 1 is 1.15 bits per heavy atom. The molecule has 1 aliphatic rings. The molecule has 0 aliphatic heterocycles. The molecule has 5 heteroatoms. The van der Waals surface area contributed by atoms with E-state index in [9.17, 15) is 0 Å². The molecule has 0 bridgehead atoms. The van der Waals surface area contributed by atoms with Gasteiger partial charge in [-0.2, -0.15) is 0 Å². The summed E-state index contributed by atoms with van der Waals surface area (Å²) in [7, 11) is 4.10. The summed E-state index contributed by atoms with van der Waals surface area (Å²) in [5.41, 5.74) is 2.75. The minimum Gasteiger partial charge on any atom is -0.382 e. The molecule has 2 rings (SSSR count). The first-order chi connectivity index (χ1) is 13.2. The van der Waals surface area contributed by atoms with Gasteiger partial charge >= 0.3 is 0 Å². The summed E-state index contributed by atoms with van der Waals surface area (Å²) < 4.78 is 5.38. The molecule has 2 N–H and O–H groups in total. The second-order valence-electron chi connectivity index (χ2n) is 7.38. The van der Waals surface area contributed by atoms with Gasteiger partial charge in [-0.05, 0) is 44.4 Å². The van der Waals surface area contributed by atoms with Crippen LogP contribution in [0.15, 0.2) is 29.3 Å². The van der Waals surface area contributed by atoms with Gasteiger partial charge in [-0.3, -0.25) is 9.89 Å². The number of nitrogens with zero attached hydrogens (tertiary/aromatic N) is 2. The zero-order valence-corrected chi connectivity index (χ0v) is 17.5. The fourth-order valence-corrected chi connectivity index (χ4v) is 3.73. The van der Waals surface area contributed by atoms with Crippen molar-refractivity contribution in [1.82, 2.24) is 15.5 Å². The highest BCUT2D eigenvalue weighted by Gasteiger charge is 2.18. The summed E-state index contributed by atoms with van der Waals surface area (Å²) in [6.45, 7) is 6.27. The predicted octanol–water partition coefficient (Wildman–Crippen LogP) is 3.54. The Hall–Kier alpha value is -1.59. The molecule has 5 nitrogen and oxygen atoms in total. The largest absolute Gasteiger partial charge is 0.382 e. The Morgan fingerprint density at radius 2 is 1.89 bits per heavy atom. The van der Waals surface area contributed by atoms with Gasteiger partial charge < -0.3 is 15.4 Å². The van der Waals surface area contributed by atoms with Crippen LogP contribution in [-0.4, -0.2) is 50.8 Å². The maximum Gasteiger partial charge on any atom is 0.191 e. The van der Waals surface area contributed by atoms with Crippen molar-refractivity contribution in [3.8, 4) is 0 Å². The molecule has 0 atom stereocenters. The molecule has 0 aromatic heterocycles. The molecule has 1 fully saturated rings. The van der Waals surface area contributed by atoms with Crippen LogP contribution in [0.4, 0.5) is 0 Å². The van der Waals surface area contributed by atoms with E-state index in [4.69, 9.17) is 4.74 Å². The number of aliphatic imine (C=N–C) groups is 1. The van der Waals surface area contributed by atoms with Gasteiger partial charge in [-0.25, -0.2) is 0 Å². The zero-order chi connectivity index (χ0) is 19.3. The fraction of sp³-hybridized carbons (Fsp3) is 0.682. The Morgan fingerprint density at radius 3 is 2.59 bits per heavy atom. The second-order valence-corrected chi connectivity index (χ2v) is 7.38. The molecule has 0 amide bonds. The van der Waals surface area contributed by atoms with Crippen molar-refractivity contribution in [3.05, 3.63) is 35.4 Å². The van der Waals surface area contributed by atoms with Crippen LogP contribution in [0.1, 0.15) is 56.6 Å². The van der Waals surface area contributed by atoms with Gasteiger partial charge in [0.05, 0.1) is 0 Å². The average Bonchev–Trinajstić information content (AvgIpc) is 2.71. The third kappa shape index (κ3) is 7.89. The molecule has 0 saturated heterocycles. The van der Waals surface area contributed by atoms with Gasteiger partial charge in [0.1, 0.15) is 0 Å². The first-order valence-electron chi connectivity index (χ1n) is 10.5. The van der Waals surface area contributed by atoms with Crippen molar-refractivity contribution in [2.75, 3.05) is 33.9 Å². The van der Waals surface area contributed by atoms with Crippen molar-refractivity contribution in [2.45, 2.75) is 64.6 Å². The van der Waals surface area contributed by atoms with Gasteiger partial charge in [0.25, 0.3) is 0 Å². The predicted molar refractivity (Wildman–Crippen MR) is 114 cm³/mol. The Kier molecular flexibility index (Phi) is 10.2. The molecule has 1 aliphatic carbocycles. The minimum absolute atomic E-state index is 0.736. The van der Waals surface area contributed by atoms with Crippen molar-refractivity contribution >= 4 is 5.96 Å². The minimum atomic E-state index is 0.736. The van der Waals surface area contributed by atoms with E-state index < -0.39 is 0 Å². The van der Waals surface area contributed by atoms with Crippen molar-refractivity contribution in [2.24, 2.45) is 4.99 Å². The highest BCUT2D eigenvalue weighted by molar-refractivity contribution is 5.79. The molecule has 1 aromatic rings. The molecule has 1 aromatic carbocycles. The molecule has 27 heavy (non-hydrogen) atoms. The number of guanidine groups is 1. The summed E-state index contributed by atoms with van der Waals surface area (Å²) in [5.74, 6) is 0.849. The third-order valence-corrected chi connectivity index (χ3v) is 5.37. The lowest BCUT2D eigenvalue weighted by molar-refractivity contribution is 0.145. The van der Waals surface area contributed by atoms with E-state index in [1.807, 2.05) is 14.0 Å². The third-order valence-electron chi connectivity index (χ3n) is 5.37. The van der Waals surface area contributed by atoms with Crippen molar-refractivity contribution < 1.29 is 4.74 Å². The summed E-state index contributed by atoms with van der Waals surface area (Å²) in [4.78, 5) is 6.87. The van der Waals surface area contributed by atoms with E-state index >= 15 is 0 Å². The van der Waals surface area contributed by atoms with Crippen LogP contribution in [0.3, 0.4) is 0 Å². The van der Waals surface area contributed by atoms with Gasteiger partial charge in [-0.1, -0.05) is 43.5 Å². The Labute approximate surface area is 165 Å². The van der Waals surface area contributed by atoms with E-state index in [0.717, 1.165) is 51.3 Å². The monoisotopic (exact) mass is 374 g/mol. The Balaban J connectivity index is 1.83. The molecule has 0 spiro atoms. The molecule has 0 unspecified atom stereocenters.